The number of hydrogen-bond acceptors (Lipinski definition) is 6. The predicted octanol–water partition coefficient (Wildman–Crippen LogP) is -0.00580. The second-order valence-corrected chi connectivity index (χ2v) is 7.90. The Morgan fingerprint density at radius 1 is 1.32 bits per heavy atom. The molecular weight excluding hydrogens is 266 g/mol. The van der Waals surface area contributed by atoms with Crippen molar-refractivity contribution >= 4 is 21.7 Å². The zero-order valence-corrected chi connectivity index (χ0v) is 11.9. The molecule has 2 aliphatic rings. The summed E-state index contributed by atoms with van der Waals surface area (Å²) in [5.74, 6) is 1.22. The van der Waals surface area contributed by atoms with E-state index in [9.17, 15) is 8.42 Å². The molecule has 0 radical (unpaired) electrons. The van der Waals surface area contributed by atoms with Gasteiger partial charge in [-0.05, 0) is 26.2 Å². The van der Waals surface area contributed by atoms with E-state index in [2.05, 4.69) is 15.0 Å². The lowest BCUT2D eigenvalue weighted by molar-refractivity contribution is 0.334. The Hall–Kier alpha value is -1.31. The number of hydrogen-bond donors (Lipinski definition) is 1. The van der Waals surface area contributed by atoms with E-state index >= 15 is 0 Å². The van der Waals surface area contributed by atoms with Gasteiger partial charge < -0.3 is 10.6 Å². The van der Waals surface area contributed by atoms with Crippen molar-refractivity contribution in [2.24, 2.45) is 0 Å². The Labute approximate surface area is 112 Å². The van der Waals surface area contributed by atoms with Gasteiger partial charge in [0.1, 0.15) is 0 Å². The fraction of sp³-hybridized carbons (Fsp3) is 0.818. The molecule has 0 spiro atoms. The smallest absolute Gasteiger partial charge is 0.246 e. The number of nitrogens with zero attached hydrogens (tertiary/aromatic N) is 4. The van der Waals surface area contributed by atoms with E-state index in [-0.39, 0.29) is 11.5 Å². The van der Waals surface area contributed by atoms with Crippen LogP contribution >= 0.6 is 0 Å². The first kappa shape index (κ1) is 12.7. The van der Waals surface area contributed by atoms with Gasteiger partial charge in [-0.15, -0.1) is 5.10 Å². The highest BCUT2D eigenvalue weighted by molar-refractivity contribution is 7.91. The molecule has 2 fully saturated rings. The van der Waals surface area contributed by atoms with Crippen molar-refractivity contribution < 1.29 is 8.42 Å². The van der Waals surface area contributed by atoms with Crippen molar-refractivity contribution in [2.45, 2.75) is 31.7 Å². The van der Waals surface area contributed by atoms with Crippen molar-refractivity contribution in [3.63, 3.8) is 0 Å². The lowest BCUT2D eigenvalue weighted by atomic mass is 10.0. The van der Waals surface area contributed by atoms with E-state index < -0.39 is 15.4 Å². The molecule has 1 aromatic heterocycles. The first-order chi connectivity index (χ1) is 8.90. The second kappa shape index (κ2) is 4.09. The van der Waals surface area contributed by atoms with Crippen molar-refractivity contribution in [2.75, 3.05) is 35.2 Å². The Bertz CT molecular complexity index is 590. The summed E-state index contributed by atoms with van der Waals surface area (Å²) in [6, 6.07) is 0. The quantitative estimate of drug-likeness (QED) is 0.821. The van der Waals surface area contributed by atoms with Crippen LogP contribution in [0.3, 0.4) is 0 Å². The van der Waals surface area contributed by atoms with Crippen LogP contribution < -0.4 is 10.6 Å². The van der Waals surface area contributed by atoms with Crippen LogP contribution in [0.1, 0.15) is 26.2 Å². The third-order valence-electron chi connectivity index (χ3n) is 4.00. The average molecular weight is 285 g/mol. The van der Waals surface area contributed by atoms with E-state index in [0.717, 1.165) is 25.9 Å². The average Bonchev–Trinajstić information content (AvgIpc) is 2.98. The van der Waals surface area contributed by atoms with E-state index in [1.165, 1.54) is 0 Å². The minimum Gasteiger partial charge on any atom is -0.368 e. The number of nitrogens with two attached hydrogens (primary N) is 1. The third-order valence-corrected chi connectivity index (χ3v) is 5.89. The highest BCUT2D eigenvalue weighted by atomic mass is 32.2. The molecule has 2 aliphatic heterocycles. The summed E-state index contributed by atoms with van der Waals surface area (Å²) < 4.78 is 25.0. The second-order valence-electron chi connectivity index (χ2n) is 5.71. The van der Waals surface area contributed by atoms with Gasteiger partial charge in [-0.3, -0.25) is 0 Å². The summed E-state index contributed by atoms with van der Waals surface area (Å²) in [5.41, 5.74) is 5.37. The van der Waals surface area contributed by atoms with Crippen LogP contribution in [0.4, 0.5) is 11.9 Å². The largest absolute Gasteiger partial charge is 0.368 e. The van der Waals surface area contributed by atoms with Gasteiger partial charge in [0.2, 0.25) is 11.9 Å². The monoisotopic (exact) mass is 285 g/mol. The molecule has 1 atom stereocenters. The molecule has 8 heteroatoms. The first-order valence-corrected chi connectivity index (χ1v) is 8.40. The molecule has 106 valence electrons. The maximum Gasteiger partial charge on any atom is 0.246 e. The standard InChI is InChI=1S/C11H19N5O2S/c1-11(4-7-19(17,18)8-11)16-9(12)13-10(14-16)15-5-2-3-6-15/h2-8H2,1H3,(H2,12,13,14). The molecule has 0 aromatic carbocycles. The van der Waals surface area contributed by atoms with Crippen LogP contribution in [0.25, 0.3) is 0 Å². The van der Waals surface area contributed by atoms with Crippen molar-refractivity contribution in [1.82, 2.24) is 14.8 Å². The molecule has 2 N–H and O–H groups in total. The fourth-order valence-electron chi connectivity index (χ4n) is 2.92. The summed E-state index contributed by atoms with van der Waals surface area (Å²) in [4.78, 5) is 6.39. The van der Waals surface area contributed by atoms with Gasteiger partial charge in [-0.25, -0.2) is 13.1 Å². The van der Waals surface area contributed by atoms with Gasteiger partial charge in [-0.1, -0.05) is 0 Å². The van der Waals surface area contributed by atoms with Crippen LogP contribution in [0, 0.1) is 0 Å². The van der Waals surface area contributed by atoms with Crippen molar-refractivity contribution in [3.8, 4) is 0 Å². The summed E-state index contributed by atoms with van der Waals surface area (Å²) in [6.07, 6.45) is 2.82. The van der Waals surface area contributed by atoms with Gasteiger partial charge in [0.15, 0.2) is 9.84 Å². The van der Waals surface area contributed by atoms with Gasteiger partial charge in [0.05, 0.1) is 17.0 Å². The zero-order valence-electron chi connectivity index (χ0n) is 11.0. The van der Waals surface area contributed by atoms with E-state index in [1.807, 2.05) is 6.92 Å². The number of aromatic nitrogens is 3. The SMILES string of the molecule is CC1(n2nc(N3CCCC3)nc2N)CCS(=O)(=O)C1. The maximum atomic E-state index is 11.7. The van der Waals surface area contributed by atoms with Crippen LogP contribution in [0.5, 0.6) is 0 Å². The maximum absolute atomic E-state index is 11.7. The molecule has 7 nitrogen and oxygen atoms in total. The molecule has 1 unspecified atom stereocenters. The molecular formula is C11H19N5O2S. The summed E-state index contributed by atoms with van der Waals surface area (Å²) in [7, 11) is -2.99. The summed E-state index contributed by atoms with van der Waals surface area (Å²) in [5, 5.41) is 4.45. The van der Waals surface area contributed by atoms with Crippen molar-refractivity contribution in [1.29, 1.82) is 0 Å². The molecule has 19 heavy (non-hydrogen) atoms. The molecule has 1 aromatic rings. The lowest BCUT2D eigenvalue weighted by Gasteiger charge is -2.23. The van der Waals surface area contributed by atoms with Gasteiger partial charge >= 0.3 is 0 Å². The first-order valence-electron chi connectivity index (χ1n) is 6.58. The normalized spacial score (nSPS) is 30.1. The number of sulfone groups is 1. The Morgan fingerprint density at radius 3 is 2.58 bits per heavy atom. The zero-order chi connectivity index (χ0) is 13.7. The van der Waals surface area contributed by atoms with E-state index in [4.69, 9.17) is 5.73 Å². The number of nitrogen functional groups attached to an aromatic ring is 1. The van der Waals surface area contributed by atoms with Crippen LogP contribution in [-0.2, 0) is 15.4 Å². The Balaban J connectivity index is 1.93. The molecule has 3 rings (SSSR count). The molecule has 2 saturated heterocycles. The minimum absolute atomic E-state index is 0.0903. The molecule has 0 amide bonds. The van der Waals surface area contributed by atoms with Crippen LogP contribution in [0.2, 0.25) is 0 Å². The number of rotatable bonds is 2. The van der Waals surface area contributed by atoms with E-state index in [1.54, 1.807) is 4.68 Å². The highest BCUT2D eigenvalue weighted by Gasteiger charge is 2.42. The molecule has 0 bridgehead atoms. The molecule has 0 aliphatic carbocycles. The van der Waals surface area contributed by atoms with Gasteiger partial charge in [0, 0.05) is 13.1 Å². The third kappa shape index (κ3) is 2.18. The van der Waals surface area contributed by atoms with Crippen molar-refractivity contribution in [3.05, 3.63) is 0 Å². The molecule has 3 heterocycles. The predicted molar refractivity (Wildman–Crippen MR) is 72.8 cm³/mol. The van der Waals surface area contributed by atoms with Crippen LogP contribution in [-0.4, -0.2) is 47.8 Å². The topological polar surface area (TPSA) is 94.1 Å². The molecule has 0 saturated carbocycles. The summed E-state index contributed by atoms with van der Waals surface area (Å²) in [6.45, 7) is 3.77. The fourth-order valence-corrected chi connectivity index (χ4v) is 5.03. The Morgan fingerprint density at radius 2 is 2.00 bits per heavy atom. The number of anilines is 2. The van der Waals surface area contributed by atoms with Crippen LogP contribution in [0.15, 0.2) is 0 Å². The lowest BCUT2D eigenvalue weighted by Crippen LogP contribution is -2.33. The Kier molecular flexibility index (Phi) is 2.74. The van der Waals surface area contributed by atoms with E-state index in [0.29, 0.717) is 18.3 Å². The minimum atomic E-state index is -2.99. The van der Waals surface area contributed by atoms with Gasteiger partial charge in [-0.2, -0.15) is 4.98 Å². The summed E-state index contributed by atoms with van der Waals surface area (Å²) >= 11 is 0. The van der Waals surface area contributed by atoms with Gasteiger partial charge in [0.25, 0.3) is 0 Å². The highest BCUT2D eigenvalue weighted by Crippen LogP contribution is 2.32.